The highest BCUT2D eigenvalue weighted by atomic mass is 16.1. The summed E-state index contributed by atoms with van der Waals surface area (Å²) in [5.74, 6) is -0.131. The molecule has 0 aliphatic carbocycles. The summed E-state index contributed by atoms with van der Waals surface area (Å²) in [6, 6.07) is 5.05. The van der Waals surface area contributed by atoms with Crippen LogP contribution in [0.15, 0.2) is 30.9 Å². The van der Waals surface area contributed by atoms with E-state index in [1.54, 1.807) is 18.2 Å². The van der Waals surface area contributed by atoms with Gasteiger partial charge in [0.25, 0.3) is 5.91 Å². The standard InChI is InChI=1S/C11H13N5O/c1-2-14-11(17)8-3-4-9(12)10(5-8)16-7-13-6-15-16/h3-7H,2,12H2,1H3,(H,14,17). The van der Waals surface area contributed by atoms with Crippen LogP contribution in [0.2, 0.25) is 0 Å². The van der Waals surface area contributed by atoms with Crippen molar-refractivity contribution in [2.24, 2.45) is 0 Å². The second-order valence-electron chi connectivity index (χ2n) is 3.47. The zero-order valence-electron chi connectivity index (χ0n) is 9.42. The van der Waals surface area contributed by atoms with Crippen LogP contribution in [0.4, 0.5) is 5.69 Å². The van der Waals surface area contributed by atoms with Crippen LogP contribution in [-0.2, 0) is 0 Å². The van der Waals surface area contributed by atoms with Crippen molar-refractivity contribution < 1.29 is 4.79 Å². The van der Waals surface area contributed by atoms with Crippen LogP contribution < -0.4 is 11.1 Å². The zero-order valence-corrected chi connectivity index (χ0v) is 9.42. The summed E-state index contributed by atoms with van der Waals surface area (Å²) in [5.41, 5.74) is 7.57. The molecular weight excluding hydrogens is 218 g/mol. The number of benzene rings is 1. The summed E-state index contributed by atoms with van der Waals surface area (Å²) in [6.07, 6.45) is 2.95. The zero-order chi connectivity index (χ0) is 12.3. The summed E-state index contributed by atoms with van der Waals surface area (Å²) < 4.78 is 1.53. The Morgan fingerprint density at radius 2 is 2.35 bits per heavy atom. The fourth-order valence-electron chi connectivity index (χ4n) is 1.48. The Morgan fingerprint density at radius 3 is 3.00 bits per heavy atom. The number of nitrogen functional groups attached to an aromatic ring is 1. The van der Waals surface area contributed by atoms with E-state index in [1.807, 2.05) is 6.92 Å². The van der Waals surface area contributed by atoms with Gasteiger partial charge in [0.2, 0.25) is 0 Å². The predicted octanol–water partition coefficient (Wildman–Crippen LogP) is 0.599. The molecule has 0 aliphatic heterocycles. The maximum Gasteiger partial charge on any atom is 0.251 e. The smallest absolute Gasteiger partial charge is 0.251 e. The van der Waals surface area contributed by atoms with Gasteiger partial charge in [0.1, 0.15) is 12.7 Å². The van der Waals surface area contributed by atoms with E-state index in [1.165, 1.54) is 17.3 Å². The third-order valence-electron chi connectivity index (χ3n) is 2.30. The fraction of sp³-hybridized carbons (Fsp3) is 0.182. The minimum absolute atomic E-state index is 0.131. The molecule has 0 saturated carbocycles. The quantitative estimate of drug-likeness (QED) is 0.757. The number of nitrogens with one attached hydrogen (secondary N) is 1. The molecule has 6 heteroatoms. The Bertz CT molecular complexity index is 521. The van der Waals surface area contributed by atoms with E-state index in [0.717, 1.165) is 0 Å². The van der Waals surface area contributed by atoms with Gasteiger partial charge in [0.05, 0.1) is 11.4 Å². The first-order valence-electron chi connectivity index (χ1n) is 5.25. The molecule has 3 N–H and O–H groups in total. The average molecular weight is 231 g/mol. The number of rotatable bonds is 3. The number of carbonyl (C=O) groups excluding carboxylic acids is 1. The van der Waals surface area contributed by atoms with Crippen molar-refractivity contribution in [1.82, 2.24) is 20.1 Å². The van der Waals surface area contributed by atoms with Gasteiger partial charge in [-0.25, -0.2) is 9.67 Å². The molecule has 0 bridgehead atoms. The topological polar surface area (TPSA) is 85.8 Å². The number of nitrogens with two attached hydrogens (primary N) is 1. The van der Waals surface area contributed by atoms with Crippen molar-refractivity contribution in [3.05, 3.63) is 36.4 Å². The Morgan fingerprint density at radius 1 is 1.53 bits per heavy atom. The van der Waals surface area contributed by atoms with Gasteiger partial charge < -0.3 is 11.1 Å². The van der Waals surface area contributed by atoms with Crippen LogP contribution in [0.3, 0.4) is 0 Å². The summed E-state index contributed by atoms with van der Waals surface area (Å²) >= 11 is 0. The molecule has 0 aliphatic rings. The van der Waals surface area contributed by atoms with E-state index >= 15 is 0 Å². The number of carbonyl (C=O) groups is 1. The van der Waals surface area contributed by atoms with Gasteiger partial charge in [-0.1, -0.05) is 0 Å². The molecule has 1 amide bonds. The van der Waals surface area contributed by atoms with Gasteiger partial charge in [-0.05, 0) is 25.1 Å². The lowest BCUT2D eigenvalue weighted by atomic mass is 10.1. The lowest BCUT2D eigenvalue weighted by Gasteiger charge is -2.08. The monoisotopic (exact) mass is 231 g/mol. The molecular formula is C11H13N5O. The van der Waals surface area contributed by atoms with Crippen molar-refractivity contribution in [3.63, 3.8) is 0 Å². The van der Waals surface area contributed by atoms with E-state index < -0.39 is 0 Å². The lowest BCUT2D eigenvalue weighted by molar-refractivity contribution is 0.0956. The van der Waals surface area contributed by atoms with Crippen LogP contribution in [0.1, 0.15) is 17.3 Å². The summed E-state index contributed by atoms with van der Waals surface area (Å²) in [4.78, 5) is 15.5. The first-order chi connectivity index (χ1) is 8.22. The van der Waals surface area contributed by atoms with Gasteiger partial charge in [-0.15, -0.1) is 0 Å². The maximum absolute atomic E-state index is 11.7. The highest BCUT2D eigenvalue weighted by molar-refractivity contribution is 5.95. The number of aromatic nitrogens is 3. The summed E-state index contributed by atoms with van der Waals surface area (Å²) in [6.45, 7) is 2.45. The van der Waals surface area contributed by atoms with E-state index in [9.17, 15) is 4.79 Å². The summed E-state index contributed by atoms with van der Waals surface area (Å²) in [7, 11) is 0. The second kappa shape index (κ2) is 4.65. The van der Waals surface area contributed by atoms with Gasteiger partial charge in [0, 0.05) is 12.1 Å². The van der Waals surface area contributed by atoms with Gasteiger partial charge in [0.15, 0.2) is 0 Å². The molecule has 0 radical (unpaired) electrons. The second-order valence-corrected chi connectivity index (χ2v) is 3.47. The Labute approximate surface area is 98.5 Å². The molecule has 2 aromatic rings. The van der Waals surface area contributed by atoms with Gasteiger partial charge in [-0.3, -0.25) is 4.79 Å². The largest absolute Gasteiger partial charge is 0.397 e. The van der Waals surface area contributed by atoms with Crippen LogP contribution in [0, 0.1) is 0 Å². The minimum Gasteiger partial charge on any atom is -0.397 e. The lowest BCUT2D eigenvalue weighted by Crippen LogP contribution is -2.22. The Balaban J connectivity index is 2.40. The van der Waals surface area contributed by atoms with Crippen molar-refractivity contribution in [3.8, 4) is 5.69 Å². The summed E-state index contributed by atoms with van der Waals surface area (Å²) in [5, 5.41) is 6.72. The molecule has 88 valence electrons. The molecule has 0 atom stereocenters. The van der Waals surface area contributed by atoms with Crippen molar-refractivity contribution in [2.45, 2.75) is 6.92 Å². The molecule has 0 saturated heterocycles. The SMILES string of the molecule is CCNC(=O)c1ccc(N)c(-n2cncn2)c1. The predicted molar refractivity (Wildman–Crippen MR) is 63.8 cm³/mol. The van der Waals surface area contributed by atoms with Crippen molar-refractivity contribution in [2.75, 3.05) is 12.3 Å². The molecule has 0 spiro atoms. The van der Waals surface area contributed by atoms with Crippen LogP contribution >= 0.6 is 0 Å². The molecule has 6 nitrogen and oxygen atoms in total. The third kappa shape index (κ3) is 2.25. The number of hydrogen-bond acceptors (Lipinski definition) is 4. The minimum atomic E-state index is -0.131. The number of amides is 1. The van der Waals surface area contributed by atoms with E-state index in [2.05, 4.69) is 15.4 Å². The molecule has 17 heavy (non-hydrogen) atoms. The first-order valence-corrected chi connectivity index (χ1v) is 5.25. The maximum atomic E-state index is 11.7. The molecule has 1 heterocycles. The van der Waals surface area contributed by atoms with Gasteiger partial charge >= 0.3 is 0 Å². The molecule has 1 aromatic carbocycles. The first kappa shape index (κ1) is 11.1. The fourth-order valence-corrected chi connectivity index (χ4v) is 1.48. The highest BCUT2D eigenvalue weighted by Crippen LogP contribution is 2.17. The van der Waals surface area contributed by atoms with Crippen molar-refractivity contribution >= 4 is 11.6 Å². The van der Waals surface area contributed by atoms with Crippen LogP contribution in [0.25, 0.3) is 5.69 Å². The van der Waals surface area contributed by atoms with E-state index in [4.69, 9.17) is 5.73 Å². The Hall–Kier alpha value is -2.37. The molecule has 0 fully saturated rings. The third-order valence-corrected chi connectivity index (χ3v) is 2.30. The molecule has 2 rings (SSSR count). The van der Waals surface area contributed by atoms with Gasteiger partial charge in [-0.2, -0.15) is 5.10 Å². The van der Waals surface area contributed by atoms with Crippen LogP contribution in [0.5, 0.6) is 0 Å². The van der Waals surface area contributed by atoms with Crippen LogP contribution in [-0.4, -0.2) is 27.2 Å². The number of hydrogen-bond donors (Lipinski definition) is 2. The highest BCUT2D eigenvalue weighted by Gasteiger charge is 2.09. The van der Waals surface area contributed by atoms with E-state index in [-0.39, 0.29) is 5.91 Å². The number of anilines is 1. The molecule has 0 unspecified atom stereocenters. The average Bonchev–Trinajstić information content (AvgIpc) is 2.83. The Kier molecular flexibility index (Phi) is 3.04. The van der Waals surface area contributed by atoms with E-state index in [0.29, 0.717) is 23.5 Å². The van der Waals surface area contributed by atoms with Crippen molar-refractivity contribution in [1.29, 1.82) is 0 Å². The molecule has 1 aromatic heterocycles. The number of nitrogens with zero attached hydrogens (tertiary/aromatic N) is 3. The normalized spacial score (nSPS) is 10.2.